The number of carbonyl (C=O) groups is 1. The number of rotatable bonds is 5. The first-order valence-corrected chi connectivity index (χ1v) is 5.89. The van der Waals surface area contributed by atoms with Crippen LogP contribution >= 0.6 is 0 Å². The van der Waals surface area contributed by atoms with Crippen molar-refractivity contribution in [1.82, 2.24) is 14.6 Å². The zero-order valence-electron chi connectivity index (χ0n) is 10.4. The highest BCUT2D eigenvalue weighted by molar-refractivity contribution is 5.68. The van der Waals surface area contributed by atoms with Crippen molar-refractivity contribution in [2.24, 2.45) is 0 Å². The van der Waals surface area contributed by atoms with Gasteiger partial charge in [-0.2, -0.15) is 9.61 Å². The summed E-state index contributed by atoms with van der Waals surface area (Å²) in [5.74, 6) is -0.0348. The van der Waals surface area contributed by atoms with Gasteiger partial charge in [0.1, 0.15) is 12.1 Å². The van der Waals surface area contributed by atoms with Crippen molar-refractivity contribution in [2.75, 3.05) is 5.32 Å². The molecule has 2 heterocycles. The fourth-order valence-electron chi connectivity index (χ4n) is 1.88. The molecule has 0 spiro atoms. The molecule has 0 radical (unpaired) electrons. The first-order chi connectivity index (χ1) is 8.60. The van der Waals surface area contributed by atoms with Crippen LogP contribution in [0.15, 0.2) is 18.5 Å². The van der Waals surface area contributed by atoms with E-state index in [1.165, 1.54) is 6.33 Å². The lowest BCUT2D eigenvalue weighted by molar-refractivity contribution is -0.137. The Morgan fingerprint density at radius 1 is 1.56 bits per heavy atom. The molecular weight excluding hydrogens is 232 g/mol. The van der Waals surface area contributed by atoms with E-state index in [4.69, 9.17) is 5.11 Å². The number of aromatic nitrogens is 3. The van der Waals surface area contributed by atoms with Gasteiger partial charge in [0.2, 0.25) is 0 Å². The van der Waals surface area contributed by atoms with Crippen LogP contribution in [0, 0.1) is 6.92 Å². The number of nitrogens with zero attached hydrogens (tertiary/aromatic N) is 3. The van der Waals surface area contributed by atoms with Crippen LogP contribution in [0.1, 0.15) is 25.3 Å². The molecule has 0 aliphatic carbocycles. The summed E-state index contributed by atoms with van der Waals surface area (Å²) in [5, 5.41) is 16.2. The largest absolute Gasteiger partial charge is 0.481 e. The number of aliphatic carboxylic acids is 1. The van der Waals surface area contributed by atoms with Gasteiger partial charge in [0.25, 0.3) is 0 Å². The summed E-state index contributed by atoms with van der Waals surface area (Å²) in [7, 11) is 0. The van der Waals surface area contributed by atoms with Gasteiger partial charge in [-0.3, -0.25) is 4.79 Å². The third kappa shape index (κ3) is 2.58. The minimum absolute atomic E-state index is 0.0840. The Kier molecular flexibility index (Phi) is 3.45. The van der Waals surface area contributed by atoms with Crippen LogP contribution in [0.5, 0.6) is 0 Å². The van der Waals surface area contributed by atoms with Gasteiger partial charge in [-0.15, -0.1) is 0 Å². The van der Waals surface area contributed by atoms with E-state index in [-0.39, 0.29) is 12.5 Å². The van der Waals surface area contributed by atoms with E-state index in [0.29, 0.717) is 0 Å². The molecular formula is C12H16N4O2. The van der Waals surface area contributed by atoms with E-state index < -0.39 is 5.97 Å². The van der Waals surface area contributed by atoms with E-state index >= 15 is 0 Å². The molecule has 1 unspecified atom stereocenters. The molecule has 6 heteroatoms. The summed E-state index contributed by atoms with van der Waals surface area (Å²) in [6.45, 7) is 3.92. The zero-order chi connectivity index (χ0) is 13.1. The number of anilines is 1. The number of hydrogen-bond acceptors (Lipinski definition) is 4. The molecule has 6 nitrogen and oxygen atoms in total. The average Bonchev–Trinajstić information content (AvgIpc) is 2.75. The molecule has 96 valence electrons. The van der Waals surface area contributed by atoms with Gasteiger partial charge in [0.15, 0.2) is 5.65 Å². The molecule has 0 aliphatic heterocycles. The van der Waals surface area contributed by atoms with Gasteiger partial charge >= 0.3 is 5.97 Å². The maximum Gasteiger partial charge on any atom is 0.305 e. The van der Waals surface area contributed by atoms with Crippen molar-refractivity contribution in [1.29, 1.82) is 0 Å². The van der Waals surface area contributed by atoms with Gasteiger partial charge in [0.05, 0.1) is 6.42 Å². The van der Waals surface area contributed by atoms with Gasteiger partial charge in [0, 0.05) is 6.04 Å². The normalized spacial score (nSPS) is 12.6. The first-order valence-electron chi connectivity index (χ1n) is 5.89. The van der Waals surface area contributed by atoms with Crippen molar-refractivity contribution in [3.8, 4) is 0 Å². The number of nitrogens with one attached hydrogen (secondary N) is 1. The van der Waals surface area contributed by atoms with Gasteiger partial charge in [-0.05, 0) is 31.0 Å². The fourth-order valence-corrected chi connectivity index (χ4v) is 1.88. The third-order valence-corrected chi connectivity index (χ3v) is 2.79. The second-order valence-electron chi connectivity index (χ2n) is 4.30. The highest BCUT2D eigenvalue weighted by Gasteiger charge is 2.13. The Balaban J connectivity index is 2.29. The first kappa shape index (κ1) is 12.3. The predicted octanol–water partition coefficient (Wildman–Crippen LogP) is 1.70. The Morgan fingerprint density at radius 2 is 2.33 bits per heavy atom. The highest BCUT2D eigenvalue weighted by Crippen LogP contribution is 2.16. The van der Waals surface area contributed by atoms with Crippen molar-refractivity contribution < 1.29 is 9.90 Å². The third-order valence-electron chi connectivity index (χ3n) is 2.79. The molecule has 1 atom stereocenters. The van der Waals surface area contributed by atoms with E-state index in [0.717, 1.165) is 23.4 Å². The Hall–Kier alpha value is -2.11. The highest BCUT2D eigenvalue weighted by atomic mass is 16.4. The van der Waals surface area contributed by atoms with Crippen molar-refractivity contribution in [3.05, 3.63) is 24.0 Å². The summed E-state index contributed by atoms with van der Waals surface area (Å²) < 4.78 is 1.68. The summed E-state index contributed by atoms with van der Waals surface area (Å²) in [5.41, 5.74) is 1.81. The van der Waals surface area contributed by atoms with Crippen LogP contribution in [0.3, 0.4) is 0 Å². The lowest BCUT2D eigenvalue weighted by atomic mass is 10.1. The van der Waals surface area contributed by atoms with E-state index in [2.05, 4.69) is 15.4 Å². The van der Waals surface area contributed by atoms with Crippen LogP contribution in [-0.4, -0.2) is 31.7 Å². The number of pyridine rings is 1. The maximum absolute atomic E-state index is 10.8. The maximum atomic E-state index is 10.8. The fraction of sp³-hybridized carbons (Fsp3) is 0.417. The molecule has 0 saturated carbocycles. The molecule has 2 aromatic heterocycles. The van der Waals surface area contributed by atoms with Gasteiger partial charge < -0.3 is 10.4 Å². The predicted molar refractivity (Wildman–Crippen MR) is 67.7 cm³/mol. The van der Waals surface area contributed by atoms with Gasteiger partial charge in [-0.1, -0.05) is 6.92 Å². The van der Waals surface area contributed by atoms with Crippen LogP contribution in [-0.2, 0) is 4.79 Å². The topological polar surface area (TPSA) is 79.5 Å². The summed E-state index contributed by atoms with van der Waals surface area (Å²) in [6.07, 6.45) is 2.30. The van der Waals surface area contributed by atoms with Crippen LogP contribution in [0.2, 0.25) is 0 Å². The molecule has 0 aliphatic rings. The van der Waals surface area contributed by atoms with E-state index in [9.17, 15) is 4.79 Å². The van der Waals surface area contributed by atoms with E-state index in [1.807, 2.05) is 26.0 Å². The van der Waals surface area contributed by atoms with Crippen LogP contribution in [0.25, 0.3) is 5.65 Å². The van der Waals surface area contributed by atoms with E-state index in [1.54, 1.807) is 4.52 Å². The zero-order valence-corrected chi connectivity index (χ0v) is 10.4. The second-order valence-corrected chi connectivity index (χ2v) is 4.30. The molecule has 0 fully saturated rings. The number of aryl methyl sites for hydroxylation is 1. The average molecular weight is 248 g/mol. The molecule has 2 N–H and O–H groups in total. The van der Waals surface area contributed by atoms with Crippen molar-refractivity contribution in [3.63, 3.8) is 0 Å². The molecule has 18 heavy (non-hydrogen) atoms. The lowest BCUT2D eigenvalue weighted by Gasteiger charge is -2.17. The minimum Gasteiger partial charge on any atom is -0.481 e. The SMILES string of the molecule is CCC(CC(=O)O)Nc1cc(C)cc2ncnn12. The lowest BCUT2D eigenvalue weighted by Crippen LogP contribution is -2.23. The van der Waals surface area contributed by atoms with Crippen molar-refractivity contribution >= 4 is 17.4 Å². The molecule has 0 aromatic carbocycles. The summed E-state index contributed by atoms with van der Waals surface area (Å²) in [4.78, 5) is 14.9. The quantitative estimate of drug-likeness (QED) is 0.842. The minimum atomic E-state index is -0.808. The second kappa shape index (κ2) is 5.03. The number of carboxylic acids is 1. The molecule has 0 bridgehead atoms. The van der Waals surface area contributed by atoms with Crippen molar-refractivity contribution in [2.45, 2.75) is 32.7 Å². The Bertz CT molecular complexity index is 564. The number of carboxylic acid groups (broad SMARTS) is 1. The standard InChI is InChI=1S/C12H16N4O2/c1-3-9(6-12(17)18)15-11-5-8(2)4-10-13-7-14-16(10)11/h4-5,7,9,15H,3,6H2,1-2H3,(H,17,18). The summed E-state index contributed by atoms with van der Waals surface area (Å²) in [6, 6.07) is 3.75. The molecule has 2 rings (SSSR count). The number of hydrogen-bond donors (Lipinski definition) is 2. The van der Waals surface area contributed by atoms with Crippen LogP contribution < -0.4 is 5.32 Å². The number of fused-ring (bicyclic) bond motifs is 1. The summed E-state index contributed by atoms with van der Waals surface area (Å²) >= 11 is 0. The smallest absolute Gasteiger partial charge is 0.305 e. The molecule has 0 amide bonds. The Labute approximate surface area is 105 Å². The monoisotopic (exact) mass is 248 g/mol. The Morgan fingerprint density at radius 3 is 3.00 bits per heavy atom. The van der Waals surface area contributed by atoms with Crippen LogP contribution in [0.4, 0.5) is 5.82 Å². The molecule has 0 saturated heterocycles. The molecule has 2 aromatic rings. The van der Waals surface area contributed by atoms with Gasteiger partial charge in [-0.25, -0.2) is 4.98 Å².